The number of carbonyl (C=O) groups is 1. The molecule has 38 heavy (non-hydrogen) atoms. The molecule has 1 saturated heterocycles. The number of aromatic nitrogens is 5. The molecule has 0 saturated carbocycles. The van der Waals surface area contributed by atoms with Crippen LogP contribution in [0.5, 0.6) is 0 Å². The van der Waals surface area contributed by atoms with Crippen LogP contribution in [0, 0.1) is 5.92 Å². The first kappa shape index (κ1) is 25.6. The fraction of sp³-hybridized carbons (Fsp3) is 0.414. The maximum absolute atomic E-state index is 11.8. The van der Waals surface area contributed by atoms with Gasteiger partial charge in [-0.2, -0.15) is 0 Å². The van der Waals surface area contributed by atoms with Gasteiger partial charge in [-0.05, 0) is 75.3 Å². The van der Waals surface area contributed by atoms with Crippen molar-refractivity contribution in [2.45, 2.75) is 46.0 Å². The van der Waals surface area contributed by atoms with Gasteiger partial charge >= 0.3 is 5.97 Å². The summed E-state index contributed by atoms with van der Waals surface area (Å²) in [4.78, 5) is 36.1. The summed E-state index contributed by atoms with van der Waals surface area (Å²) in [5.74, 6) is 2.67. The van der Waals surface area contributed by atoms with E-state index in [2.05, 4.69) is 31.8 Å². The summed E-state index contributed by atoms with van der Waals surface area (Å²) in [5.41, 5.74) is 5.87. The molecule has 0 unspecified atom stereocenters. The van der Waals surface area contributed by atoms with Gasteiger partial charge in [0, 0.05) is 54.9 Å². The Morgan fingerprint density at radius 2 is 1.82 bits per heavy atom. The second-order valence-corrected chi connectivity index (χ2v) is 9.77. The lowest BCUT2D eigenvalue weighted by Gasteiger charge is -2.31. The molecule has 0 bridgehead atoms. The first-order valence-electron chi connectivity index (χ1n) is 13.2. The molecule has 3 aromatic rings. The number of allylic oxidation sites excluding steroid dienone is 2. The van der Waals surface area contributed by atoms with Gasteiger partial charge in [0.2, 0.25) is 5.95 Å². The number of hydrogen-bond acceptors (Lipinski definition) is 8. The Hall–Kier alpha value is -4.01. The maximum Gasteiger partial charge on any atom is 0.306 e. The van der Waals surface area contributed by atoms with Crippen LogP contribution in [0.15, 0.2) is 48.1 Å². The summed E-state index contributed by atoms with van der Waals surface area (Å²) in [7, 11) is 1.70. The average Bonchev–Trinajstić information content (AvgIpc) is 3.34. The smallest absolute Gasteiger partial charge is 0.306 e. The number of pyridine rings is 1. The van der Waals surface area contributed by atoms with Gasteiger partial charge in [-0.25, -0.2) is 15.0 Å². The topological polar surface area (TPSA) is 106 Å². The van der Waals surface area contributed by atoms with Crippen molar-refractivity contribution in [1.29, 1.82) is 0 Å². The van der Waals surface area contributed by atoms with Crippen LogP contribution in [0.3, 0.4) is 0 Å². The van der Waals surface area contributed by atoms with Crippen LogP contribution in [0.25, 0.3) is 28.7 Å². The lowest BCUT2D eigenvalue weighted by atomic mass is 9.94. The van der Waals surface area contributed by atoms with Crippen molar-refractivity contribution in [2.24, 2.45) is 5.92 Å². The zero-order chi connectivity index (χ0) is 26.5. The minimum absolute atomic E-state index is 0.104. The number of nitrogens with one attached hydrogen (secondary N) is 1. The largest absolute Gasteiger partial charge is 0.497 e. The van der Waals surface area contributed by atoms with Crippen molar-refractivity contribution in [2.75, 3.05) is 31.7 Å². The quantitative estimate of drug-likeness (QED) is 0.440. The molecule has 9 nitrogen and oxygen atoms in total. The highest BCUT2D eigenvalue weighted by atomic mass is 16.5. The van der Waals surface area contributed by atoms with Gasteiger partial charge in [-0.15, -0.1) is 0 Å². The number of aryl methyl sites for hydroxylation is 1. The minimum atomic E-state index is -0.104. The number of fused-ring (bicyclic) bond motifs is 1. The molecule has 1 aliphatic carbocycles. The molecule has 9 heteroatoms. The number of H-pyrrole nitrogens is 1. The second-order valence-electron chi connectivity index (χ2n) is 9.77. The molecule has 0 atom stereocenters. The van der Waals surface area contributed by atoms with E-state index in [1.54, 1.807) is 7.11 Å². The number of rotatable bonds is 7. The van der Waals surface area contributed by atoms with Crippen LogP contribution >= 0.6 is 0 Å². The van der Waals surface area contributed by atoms with E-state index < -0.39 is 0 Å². The number of anilines is 1. The molecule has 0 aromatic carbocycles. The fourth-order valence-electron chi connectivity index (χ4n) is 4.98. The van der Waals surface area contributed by atoms with Gasteiger partial charge in [0.25, 0.3) is 0 Å². The highest BCUT2D eigenvalue weighted by Crippen LogP contribution is 2.27. The molecule has 198 valence electrons. The van der Waals surface area contributed by atoms with E-state index >= 15 is 0 Å². The first-order valence-corrected chi connectivity index (χ1v) is 13.2. The van der Waals surface area contributed by atoms with Crippen molar-refractivity contribution in [3.63, 3.8) is 0 Å². The summed E-state index contributed by atoms with van der Waals surface area (Å²) >= 11 is 0. The van der Waals surface area contributed by atoms with E-state index in [9.17, 15) is 4.79 Å². The van der Waals surface area contributed by atoms with Crippen molar-refractivity contribution in [3.8, 4) is 22.6 Å². The molecular weight excluding hydrogens is 480 g/mol. The molecule has 4 heterocycles. The standard InChI is InChI=1S/C29H34N6O3/c1-4-38-27(36)15-20-11-13-35(14-12-20)29-31-17-22(18-32-29)23-8-6-21(16-30-23)28-33-24-7-5-19(2)26(37-3)10-9-25(24)34-28/h6,8-10,16-18,20H,4-5,7,11-15H2,1-3H3,(H,33,34)/b10-9-,26-19?. The minimum Gasteiger partial charge on any atom is -0.497 e. The van der Waals surface area contributed by atoms with Gasteiger partial charge in [0.05, 0.1) is 25.1 Å². The zero-order valence-corrected chi connectivity index (χ0v) is 22.2. The number of nitrogens with zero attached hydrogens (tertiary/aromatic N) is 5. The van der Waals surface area contributed by atoms with Crippen LogP contribution < -0.4 is 4.90 Å². The second kappa shape index (κ2) is 11.6. The van der Waals surface area contributed by atoms with E-state index in [1.165, 1.54) is 5.57 Å². The molecule has 5 rings (SSSR count). The van der Waals surface area contributed by atoms with Crippen molar-refractivity contribution in [3.05, 3.63) is 59.5 Å². The Balaban J connectivity index is 1.22. The van der Waals surface area contributed by atoms with Gasteiger partial charge in [0.1, 0.15) is 11.6 Å². The van der Waals surface area contributed by atoms with Crippen LogP contribution in [-0.4, -0.2) is 57.7 Å². The number of imidazole rings is 1. The number of aromatic amines is 1. The van der Waals surface area contributed by atoms with Crippen LogP contribution in [-0.2, 0) is 20.7 Å². The summed E-state index contributed by atoms with van der Waals surface area (Å²) in [6, 6.07) is 3.99. The van der Waals surface area contributed by atoms with Crippen molar-refractivity contribution >= 4 is 18.0 Å². The highest BCUT2D eigenvalue weighted by Gasteiger charge is 2.23. The van der Waals surface area contributed by atoms with Crippen LogP contribution in [0.4, 0.5) is 5.95 Å². The molecule has 0 spiro atoms. The number of carbonyl (C=O) groups excluding carboxylic acids is 1. The monoisotopic (exact) mass is 514 g/mol. The molecule has 0 amide bonds. The molecule has 1 aliphatic heterocycles. The summed E-state index contributed by atoms with van der Waals surface area (Å²) in [5, 5.41) is 0. The van der Waals surface area contributed by atoms with E-state index in [1.807, 2.05) is 49.8 Å². The third-order valence-electron chi connectivity index (χ3n) is 7.22. The number of piperidine rings is 1. The lowest BCUT2D eigenvalue weighted by molar-refractivity contribution is -0.144. The Morgan fingerprint density at radius 3 is 2.50 bits per heavy atom. The number of methoxy groups -OCH3 is 1. The normalized spacial score (nSPS) is 17.0. The molecule has 1 fully saturated rings. The molecule has 2 aliphatic rings. The Morgan fingerprint density at radius 1 is 1.05 bits per heavy atom. The van der Waals surface area contributed by atoms with Gasteiger partial charge < -0.3 is 19.4 Å². The Kier molecular flexibility index (Phi) is 7.81. The number of hydrogen-bond donors (Lipinski definition) is 1. The number of esters is 1. The summed E-state index contributed by atoms with van der Waals surface area (Å²) < 4.78 is 10.6. The molecule has 0 radical (unpaired) electrons. The SMILES string of the molecule is CCOC(=O)CC1CCN(c2ncc(-c3ccc(-c4nc5c([nH]4)CCC(C)=C(OC)/C=C\5)cn3)cn2)CC1. The first-order chi connectivity index (χ1) is 18.5. The molecule has 1 N–H and O–H groups in total. The third-order valence-corrected chi connectivity index (χ3v) is 7.22. The zero-order valence-electron chi connectivity index (χ0n) is 22.2. The predicted molar refractivity (Wildman–Crippen MR) is 146 cm³/mol. The maximum atomic E-state index is 11.8. The van der Waals surface area contributed by atoms with Crippen LogP contribution in [0.1, 0.15) is 50.9 Å². The number of ether oxygens (including phenoxy) is 2. The van der Waals surface area contributed by atoms with Gasteiger partial charge in [-0.1, -0.05) is 0 Å². The average molecular weight is 515 g/mol. The van der Waals surface area contributed by atoms with Crippen molar-refractivity contribution in [1.82, 2.24) is 24.9 Å². The van der Waals surface area contributed by atoms with E-state index in [0.29, 0.717) is 24.9 Å². The van der Waals surface area contributed by atoms with E-state index in [-0.39, 0.29) is 5.97 Å². The van der Waals surface area contributed by atoms with Crippen molar-refractivity contribution < 1.29 is 14.3 Å². The lowest BCUT2D eigenvalue weighted by Crippen LogP contribution is -2.35. The van der Waals surface area contributed by atoms with Gasteiger partial charge in [0.15, 0.2) is 0 Å². The summed E-state index contributed by atoms with van der Waals surface area (Å²) in [6.07, 6.45) is 13.6. The van der Waals surface area contributed by atoms with E-state index in [0.717, 1.165) is 78.6 Å². The Labute approximate surface area is 223 Å². The molecule has 3 aromatic heterocycles. The predicted octanol–water partition coefficient (Wildman–Crippen LogP) is 4.98. The Bertz CT molecular complexity index is 1320. The van der Waals surface area contributed by atoms with Gasteiger partial charge in [-0.3, -0.25) is 9.78 Å². The van der Waals surface area contributed by atoms with E-state index in [4.69, 9.17) is 14.5 Å². The molecular formula is C29H34N6O3. The summed E-state index contributed by atoms with van der Waals surface area (Å²) in [6.45, 7) is 6.04. The van der Waals surface area contributed by atoms with Crippen LogP contribution in [0.2, 0.25) is 0 Å². The fourth-order valence-corrected chi connectivity index (χ4v) is 4.98. The highest BCUT2D eigenvalue weighted by molar-refractivity contribution is 5.69. The third kappa shape index (κ3) is 5.77.